The van der Waals surface area contributed by atoms with Gasteiger partial charge in [-0.25, -0.2) is 0 Å². The zero-order valence-electron chi connectivity index (χ0n) is 5.70. The molecule has 0 aliphatic heterocycles. The zero-order chi connectivity index (χ0) is 8.10. The normalized spacial score (nSPS) is 10.3. The lowest BCUT2D eigenvalue weighted by atomic mass is 10.3. The fraction of sp³-hybridized carbons (Fsp3) is 0. The summed E-state index contributed by atoms with van der Waals surface area (Å²) in [5.74, 6) is 0. The molecule has 56 valence electrons. The average molecular weight is 259 g/mol. The minimum atomic E-state index is -0.0635. The van der Waals surface area contributed by atoms with Crippen LogP contribution >= 0.6 is 22.6 Å². The third-order valence-corrected chi connectivity index (χ3v) is 1.35. The molecule has 0 saturated heterocycles. The van der Waals surface area contributed by atoms with Gasteiger partial charge in [0.1, 0.15) is 0 Å². The molecule has 1 rings (SSSR count). The van der Waals surface area contributed by atoms with Gasteiger partial charge in [0.15, 0.2) is 0 Å². The minimum Gasteiger partial charge on any atom is -0.281 e. The maximum absolute atomic E-state index is 10.5. The molecule has 0 atom stereocenters. The van der Waals surface area contributed by atoms with Gasteiger partial charge in [-0.05, 0) is 12.1 Å². The second-order valence-electron chi connectivity index (χ2n) is 1.90. The average Bonchev–Trinajstić information content (AvgIpc) is 2.03. The third-order valence-electron chi connectivity index (χ3n) is 1.07. The molecule has 0 amide bonds. The summed E-state index contributed by atoms with van der Waals surface area (Å²) in [7, 11) is 0. The first kappa shape index (κ1) is 8.39. The van der Waals surface area contributed by atoms with Crippen molar-refractivity contribution < 1.29 is 4.79 Å². The second kappa shape index (κ2) is 4.23. The molecule has 3 heteroatoms. The van der Waals surface area contributed by atoms with E-state index in [1.807, 2.05) is 30.3 Å². The van der Waals surface area contributed by atoms with Crippen molar-refractivity contribution in [1.29, 1.82) is 0 Å². The number of carbonyl (C=O) groups is 1. The first-order valence-corrected chi connectivity index (χ1v) is 4.15. The van der Waals surface area contributed by atoms with Gasteiger partial charge in [-0.2, -0.15) is 0 Å². The number of aliphatic imine (C=N–C) groups is 1. The second-order valence-corrected chi connectivity index (χ2v) is 2.96. The molecule has 0 saturated carbocycles. The Morgan fingerprint density at radius 1 is 1.36 bits per heavy atom. The van der Waals surface area contributed by atoms with Gasteiger partial charge in [0.2, 0.25) is 3.79 Å². The highest BCUT2D eigenvalue weighted by Gasteiger charge is 1.86. The largest absolute Gasteiger partial charge is 0.281 e. The maximum Gasteiger partial charge on any atom is 0.233 e. The SMILES string of the molecule is O=C(I)/C=N/c1ccccc1. The molecule has 0 heterocycles. The lowest BCUT2D eigenvalue weighted by Crippen LogP contribution is -1.82. The summed E-state index contributed by atoms with van der Waals surface area (Å²) in [6.07, 6.45) is 1.30. The lowest BCUT2D eigenvalue weighted by molar-refractivity contribution is -0.103. The summed E-state index contributed by atoms with van der Waals surface area (Å²) in [5, 5.41) is 0. The van der Waals surface area contributed by atoms with E-state index in [0.29, 0.717) is 0 Å². The van der Waals surface area contributed by atoms with E-state index in [0.717, 1.165) is 5.69 Å². The highest BCUT2D eigenvalue weighted by Crippen LogP contribution is 2.08. The number of carbonyl (C=O) groups excluding carboxylic acids is 1. The van der Waals surface area contributed by atoms with Gasteiger partial charge in [0.05, 0.1) is 11.9 Å². The Bertz CT molecular complexity index is 269. The van der Waals surface area contributed by atoms with E-state index in [2.05, 4.69) is 4.99 Å². The summed E-state index contributed by atoms with van der Waals surface area (Å²) in [5.41, 5.74) is 0.803. The van der Waals surface area contributed by atoms with Gasteiger partial charge < -0.3 is 0 Å². The number of halogens is 1. The third kappa shape index (κ3) is 3.27. The molecule has 0 aliphatic rings. The van der Waals surface area contributed by atoms with Gasteiger partial charge in [0, 0.05) is 22.6 Å². The van der Waals surface area contributed by atoms with Crippen molar-refractivity contribution >= 4 is 38.3 Å². The van der Waals surface area contributed by atoms with Crippen LogP contribution in [-0.4, -0.2) is 10.0 Å². The van der Waals surface area contributed by atoms with Crippen LogP contribution in [0.4, 0.5) is 5.69 Å². The van der Waals surface area contributed by atoms with Gasteiger partial charge in [-0.1, -0.05) is 18.2 Å². The van der Waals surface area contributed by atoms with E-state index < -0.39 is 0 Å². The Hall–Kier alpha value is -0.710. The number of benzene rings is 1. The summed E-state index contributed by atoms with van der Waals surface area (Å²) in [6.45, 7) is 0. The van der Waals surface area contributed by atoms with Crippen molar-refractivity contribution in [2.24, 2.45) is 4.99 Å². The molecular formula is C8H6INO. The first-order chi connectivity index (χ1) is 5.29. The predicted octanol–water partition coefficient (Wildman–Crippen LogP) is 2.35. The molecule has 1 aromatic carbocycles. The van der Waals surface area contributed by atoms with Crippen LogP contribution < -0.4 is 0 Å². The number of hydrogen-bond acceptors (Lipinski definition) is 2. The van der Waals surface area contributed by atoms with E-state index in [1.54, 1.807) is 22.6 Å². The molecular weight excluding hydrogens is 253 g/mol. The smallest absolute Gasteiger partial charge is 0.233 e. The molecule has 0 aliphatic carbocycles. The van der Waals surface area contributed by atoms with Gasteiger partial charge in [0.25, 0.3) is 0 Å². The molecule has 1 aromatic rings. The summed E-state index contributed by atoms with van der Waals surface area (Å²) in [6, 6.07) is 9.35. The van der Waals surface area contributed by atoms with E-state index in [1.165, 1.54) is 6.21 Å². The zero-order valence-corrected chi connectivity index (χ0v) is 7.86. The van der Waals surface area contributed by atoms with E-state index in [-0.39, 0.29) is 3.79 Å². The van der Waals surface area contributed by atoms with Crippen LogP contribution in [0.3, 0.4) is 0 Å². The standard InChI is InChI=1S/C8H6INO/c9-8(11)6-10-7-4-2-1-3-5-7/h1-6H/b10-6+. The monoisotopic (exact) mass is 259 g/mol. The molecule has 0 radical (unpaired) electrons. The summed E-state index contributed by atoms with van der Waals surface area (Å²) in [4.78, 5) is 14.4. The van der Waals surface area contributed by atoms with Gasteiger partial charge in [-0.3, -0.25) is 9.79 Å². The van der Waals surface area contributed by atoms with Gasteiger partial charge >= 0.3 is 0 Å². The van der Waals surface area contributed by atoms with E-state index in [9.17, 15) is 4.79 Å². The fourth-order valence-corrected chi connectivity index (χ4v) is 0.779. The molecule has 0 unspecified atom stereocenters. The number of rotatable bonds is 2. The van der Waals surface area contributed by atoms with Crippen molar-refractivity contribution in [3.63, 3.8) is 0 Å². The Morgan fingerprint density at radius 2 is 2.00 bits per heavy atom. The Labute approximate surface area is 78.5 Å². The fourth-order valence-electron chi connectivity index (χ4n) is 0.639. The highest BCUT2D eigenvalue weighted by molar-refractivity contribution is 14.1. The molecule has 0 N–H and O–H groups in total. The summed E-state index contributed by atoms with van der Waals surface area (Å²) >= 11 is 1.68. The number of para-hydroxylation sites is 1. The van der Waals surface area contributed by atoms with Crippen molar-refractivity contribution in [3.05, 3.63) is 30.3 Å². The highest BCUT2D eigenvalue weighted by atomic mass is 127. The quantitative estimate of drug-likeness (QED) is 0.455. The van der Waals surface area contributed by atoms with Crippen LogP contribution in [0.25, 0.3) is 0 Å². The first-order valence-electron chi connectivity index (χ1n) is 3.07. The summed E-state index contributed by atoms with van der Waals surface area (Å²) < 4.78 is -0.0635. The lowest BCUT2D eigenvalue weighted by Gasteiger charge is -1.87. The Balaban J connectivity index is 2.72. The van der Waals surface area contributed by atoms with E-state index in [4.69, 9.17) is 0 Å². The predicted molar refractivity (Wildman–Crippen MR) is 53.6 cm³/mol. The maximum atomic E-state index is 10.5. The molecule has 0 fully saturated rings. The van der Waals surface area contributed by atoms with Crippen molar-refractivity contribution in [1.82, 2.24) is 0 Å². The van der Waals surface area contributed by atoms with E-state index >= 15 is 0 Å². The molecule has 0 bridgehead atoms. The Morgan fingerprint density at radius 3 is 2.55 bits per heavy atom. The number of nitrogens with zero attached hydrogens (tertiary/aromatic N) is 1. The van der Waals surface area contributed by atoms with Crippen LogP contribution in [-0.2, 0) is 4.79 Å². The van der Waals surface area contributed by atoms with Gasteiger partial charge in [-0.15, -0.1) is 0 Å². The molecule has 11 heavy (non-hydrogen) atoms. The van der Waals surface area contributed by atoms with Crippen LogP contribution in [0.2, 0.25) is 0 Å². The molecule has 2 nitrogen and oxygen atoms in total. The van der Waals surface area contributed by atoms with Crippen molar-refractivity contribution in [2.45, 2.75) is 0 Å². The molecule has 0 aromatic heterocycles. The van der Waals surface area contributed by atoms with Crippen LogP contribution in [0, 0.1) is 0 Å². The van der Waals surface area contributed by atoms with Crippen molar-refractivity contribution in [3.8, 4) is 0 Å². The molecule has 0 spiro atoms. The topological polar surface area (TPSA) is 29.4 Å². The minimum absolute atomic E-state index is 0.0635. The Kier molecular flexibility index (Phi) is 3.22. The van der Waals surface area contributed by atoms with Crippen LogP contribution in [0.15, 0.2) is 35.3 Å². The van der Waals surface area contributed by atoms with Crippen molar-refractivity contribution in [2.75, 3.05) is 0 Å². The van der Waals surface area contributed by atoms with Crippen LogP contribution in [0.1, 0.15) is 0 Å². The number of hydrogen-bond donors (Lipinski definition) is 0. The van der Waals surface area contributed by atoms with Crippen LogP contribution in [0.5, 0.6) is 0 Å².